The van der Waals surface area contributed by atoms with Crippen LogP contribution in [-0.2, 0) is 13.1 Å². The molecule has 0 aliphatic heterocycles. The van der Waals surface area contributed by atoms with Crippen molar-refractivity contribution >= 4 is 10.8 Å². The second kappa shape index (κ2) is 6.58. The Morgan fingerprint density at radius 2 is 1.82 bits per heavy atom. The standard InChI is InChI=1S/C19H18FNO/c1-22-19-10-9-15-6-2-3-8-17(15)18(19)13-21-12-14-5-4-7-16(20)11-14/h2-11,21H,12-13H2,1H3. The summed E-state index contributed by atoms with van der Waals surface area (Å²) >= 11 is 0. The van der Waals surface area contributed by atoms with Gasteiger partial charge in [-0.25, -0.2) is 4.39 Å². The smallest absolute Gasteiger partial charge is 0.123 e. The third-order valence-corrected chi connectivity index (χ3v) is 3.74. The molecule has 0 bridgehead atoms. The van der Waals surface area contributed by atoms with Crippen molar-refractivity contribution in [2.75, 3.05) is 7.11 Å². The minimum atomic E-state index is -0.206. The zero-order valence-corrected chi connectivity index (χ0v) is 12.5. The Hall–Kier alpha value is -2.39. The molecule has 2 nitrogen and oxygen atoms in total. The highest BCUT2D eigenvalue weighted by Crippen LogP contribution is 2.27. The van der Waals surface area contributed by atoms with Crippen molar-refractivity contribution in [1.82, 2.24) is 5.32 Å². The molecule has 0 heterocycles. The minimum Gasteiger partial charge on any atom is -0.496 e. The van der Waals surface area contributed by atoms with Crippen LogP contribution in [0, 0.1) is 5.82 Å². The summed E-state index contributed by atoms with van der Waals surface area (Å²) < 4.78 is 18.7. The van der Waals surface area contributed by atoms with Gasteiger partial charge in [0, 0.05) is 18.7 Å². The fourth-order valence-electron chi connectivity index (χ4n) is 2.67. The van der Waals surface area contributed by atoms with Crippen molar-refractivity contribution in [2.24, 2.45) is 0 Å². The molecule has 0 aromatic heterocycles. The van der Waals surface area contributed by atoms with Crippen LogP contribution >= 0.6 is 0 Å². The molecule has 0 spiro atoms. The third kappa shape index (κ3) is 3.10. The molecular formula is C19H18FNO. The number of hydrogen-bond donors (Lipinski definition) is 1. The van der Waals surface area contributed by atoms with Crippen molar-refractivity contribution < 1.29 is 9.13 Å². The van der Waals surface area contributed by atoms with Crippen LogP contribution in [0.2, 0.25) is 0 Å². The largest absolute Gasteiger partial charge is 0.496 e. The predicted molar refractivity (Wildman–Crippen MR) is 87.4 cm³/mol. The number of hydrogen-bond acceptors (Lipinski definition) is 2. The van der Waals surface area contributed by atoms with E-state index in [-0.39, 0.29) is 5.82 Å². The van der Waals surface area contributed by atoms with Crippen molar-refractivity contribution in [1.29, 1.82) is 0 Å². The lowest BCUT2D eigenvalue weighted by atomic mass is 10.0. The van der Waals surface area contributed by atoms with E-state index >= 15 is 0 Å². The van der Waals surface area contributed by atoms with Gasteiger partial charge < -0.3 is 10.1 Å². The summed E-state index contributed by atoms with van der Waals surface area (Å²) in [6.07, 6.45) is 0. The van der Waals surface area contributed by atoms with Crippen molar-refractivity contribution in [3.63, 3.8) is 0 Å². The molecule has 0 radical (unpaired) electrons. The van der Waals surface area contributed by atoms with Gasteiger partial charge in [0.15, 0.2) is 0 Å². The monoisotopic (exact) mass is 295 g/mol. The average molecular weight is 295 g/mol. The molecule has 1 N–H and O–H groups in total. The molecule has 0 atom stereocenters. The van der Waals surface area contributed by atoms with E-state index < -0.39 is 0 Å². The van der Waals surface area contributed by atoms with Crippen LogP contribution in [-0.4, -0.2) is 7.11 Å². The number of halogens is 1. The molecule has 3 aromatic carbocycles. The maximum atomic E-state index is 13.2. The Balaban J connectivity index is 1.81. The lowest BCUT2D eigenvalue weighted by Gasteiger charge is -2.13. The van der Waals surface area contributed by atoms with E-state index in [1.54, 1.807) is 19.2 Å². The molecule has 22 heavy (non-hydrogen) atoms. The van der Waals surface area contributed by atoms with Gasteiger partial charge in [0.25, 0.3) is 0 Å². The van der Waals surface area contributed by atoms with E-state index in [1.807, 2.05) is 24.3 Å². The Bertz CT molecular complexity index is 785. The summed E-state index contributed by atoms with van der Waals surface area (Å²) in [5, 5.41) is 5.73. The van der Waals surface area contributed by atoms with E-state index in [2.05, 4.69) is 23.5 Å². The first-order valence-corrected chi connectivity index (χ1v) is 7.27. The van der Waals surface area contributed by atoms with Crippen LogP contribution in [0.3, 0.4) is 0 Å². The molecular weight excluding hydrogens is 277 g/mol. The molecule has 0 saturated carbocycles. The predicted octanol–water partition coefficient (Wildman–Crippen LogP) is 4.28. The number of benzene rings is 3. The molecule has 3 rings (SSSR count). The van der Waals surface area contributed by atoms with Crippen molar-refractivity contribution in [3.8, 4) is 5.75 Å². The summed E-state index contributed by atoms with van der Waals surface area (Å²) in [5.74, 6) is 0.660. The highest BCUT2D eigenvalue weighted by atomic mass is 19.1. The van der Waals surface area contributed by atoms with Crippen LogP contribution in [0.4, 0.5) is 4.39 Å². The van der Waals surface area contributed by atoms with E-state index in [0.29, 0.717) is 13.1 Å². The molecule has 0 aliphatic carbocycles. The molecule has 3 heteroatoms. The first-order valence-electron chi connectivity index (χ1n) is 7.27. The number of methoxy groups -OCH3 is 1. The first-order chi connectivity index (χ1) is 10.8. The van der Waals surface area contributed by atoms with Crippen LogP contribution in [0.25, 0.3) is 10.8 Å². The highest BCUT2D eigenvalue weighted by Gasteiger charge is 2.07. The first kappa shape index (κ1) is 14.5. The van der Waals surface area contributed by atoms with Crippen LogP contribution in [0.15, 0.2) is 60.7 Å². The average Bonchev–Trinajstić information content (AvgIpc) is 2.55. The van der Waals surface area contributed by atoms with E-state index in [1.165, 1.54) is 16.8 Å². The van der Waals surface area contributed by atoms with Crippen LogP contribution < -0.4 is 10.1 Å². The lowest BCUT2D eigenvalue weighted by molar-refractivity contribution is 0.408. The second-order valence-corrected chi connectivity index (χ2v) is 5.20. The topological polar surface area (TPSA) is 21.3 Å². The SMILES string of the molecule is COc1ccc2ccccc2c1CNCc1cccc(F)c1. The maximum Gasteiger partial charge on any atom is 0.123 e. The summed E-state index contributed by atoms with van der Waals surface area (Å²) in [7, 11) is 1.68. The maximum absolute atomic E-state index is 13.2. The quantitative estimate of drug-likeness (QED) is 0.758. The fraction of sp³-hybridized carbons (Fsp3) is 0.158. The molecule has 0 saturated heterocycles. The molecule has 3 aromatic rings. The molecule has 0 aliphatic rings. The Morgan fingerprint density at radius 3 is 2.64 bits per heavy atom. The van der Waals surface area contributed by atoms with Gasteiger partial charge in [0.1, 0.15) is 11.6 Å². The number of nitrogens with one attached hydrogen (secondary N) is 1. The van der Waals surface area contributed by atoms with E-state index in [9.17, 15) is 4.39 Å². The minimum absolute atomic E-state index is 0.206. The molecule has 112 valence electrons. The highest BCUT2D eigenvalue weighted by molar-refractivity contribution is 5.87. The summed E-state index contributed by atoms with van der Waals surface area (Å²) in [6.45, 7) is 1.28. The van der Waals surface area contributed by atoms with Gasteiger partial charge in [-0.2, -0.15) is 0 Å². The molecule has 0 unspecified atom stereocenters. The lowest BCUT2D eigenvalue weighted by Crippen LogP contribution is -2.13. The van der Waals surface area contributed by atoms with Gasteiger partial charge in [0.05, 0.1) is 7.11 Å². The van der Waals surface area contributed by atoms with Crippen molar-refractivity contribution in [3.05, 3.63) is 77.6 Å². The van der Waals surface area contributed by atoms with Crippen LogP contribution in [0.1, 0.15) is 11.1 Å². The summed E-state index contributed by atoms with van der Waals surface area (Å²) in [6, 6.07) is 18.9. The Kier molecular flexibility index (Phi) is 4.35. The Morgan fingerprint density at radius 1 is 0.955 bits per heavy atom. The Labute approximate surface area is 129 Å². The third-order valence-electron chi connectivity index (χ3n) is 3.74. The van der Waals surface area contributed by atoms with Gasteiger partial charge in [-0.1, -0.05) is 42.5 Å². The zero-order chi connectivity index (χ0) is 15.4. The molecule has 0 fully saturated rings. The van der Waals surface area contributed by atoms with Crippen molar-refractivity contribution in [2.45, 2.75) is 13.1 Å². The van der Waals surface area contributed by atoms with Gasteiger partial charge in [-0.3, -0.25) is 0 Å². The van der Waals surface area contributed by atoms with Crippen LogP contribution in [0.5, 0.6) is 5.75 Å². The van der Waals surface area contributed by atoms with Gasteiger partial charge in [-0.05, 0) is 34.5 Å². The number of rotatable bonds is 5. The normalized spacial score (nSPS) is 10.8. The molecule has 0 amide bonds. The van der Waals surface area contributed by atoms with Gasteiger partial charge in [-0.15, -0.1) is 0 Å². The van der Waals surface area contributed by atoms with E-state index in [0.717, 1.165) is 16.9 Å². The van der Waals surface area contributed by atoms with Gasteiger partial charge in [0.2, 0.25) is 0 Å². The van der Waals surface area contributed by atoms with E-state index in [4.69, 9.17) is 4.74 Å². The summed E-state index contributed by atoms with van der Waals surface area (Å²) in [5.41, 5.74) is 2.05. The van der Waals surface area contributed by atoms with Gasteiger partial charge >= 0.3 is 0 Å². The number of fused-ring (bicyclic) bond motifs is 1. The second-order valence-electron chi connectivity index (χ2n) is 5.20. The number of ether oxygens (including phenoxy) is 1. The zero-order valence-electron chi connectivity index (χ0n) is 12.5. The summed E-state index contributed by atoms with van der Waals surface area (Å²) in [4.78, 5) is 0. The fourth-order valence-corrected chi connectivity index (χ4v) is 2.67.